The fraction of sp³-hybridized carbons (Fsp3) is 0.211. The molecule has 0 fully saturated rings. The van der Waals surface area contributed by atoms with Crippen LogP contribution < -0.4 is 10.5 Å². The summed E-state index contributed by atoms with van der Waals surface area (Å²) in [7, 11) is 0. The summed E-state index contributed by atoms with van der Waals surface area (Å²) < 4.78 is 30.0. The number of rotatable bonds is 7. The minimum Gasteiger partial charge on any atom is -0.478 e. The van der Waals surface area contributed by atoms with Crippen LogP contribution in [0.1, 0.15) is 20.3 Å². The molecule has 0 aliphatic carbocycles. The van der Waals surface area contributed by atoms with Gasteiger partial charge in [0.15, 0.2) is 0 Å². The summed E-state index contributed by atoms with van der Waals surface area (Å²) in [5, 5.41) is 9.37. The standard InChI is InChI=1S/C19H19F2N3O3/c1-3-15(17(11(2)22)18(25)26)24-13-6-7-16(27-19(20)21)14(9-13)12-5-4-8-23-10-12/h4-10,19H,3,22H2,1-2H3,(H,25,26). The van der Waals surface area contributed by atoms with Crippen LogP contribution in [0, 0.1) is 0 Å². The number of carbonyl (C=O) groups is 1. The highest BCUT2D eigenvalue weighted by Crippen LogP contribution is 2.34. The summed E-state index contributed by atoms with van der Waals surface area (Å²) in [5.74, 6) is -1.21. The van der Waals surface area contributed by atoms with E-state index in [9.17, 15) is 18.7 Å². The molecule has 0 unspecified atom stereocenters. The number of ether oxygens (including phenoxy) is 1. The molecule has 6 nitrogen and oxygen atoms in total. The third-order valence-corrected chi connectivity index (χ3v) is 3.65. The topological polar surface area (TPSA) is 97.8 Å². The Balaban J connectivity index is 2.58. The van der Waals surface area contributed by atoms with E-state index in [0.29, 0.717) is 23.2 Å². The number of nitrogens with two attached hydrogens (primary N) is 1. The summed E-state index contributed by atoms with van der Waals surface area (Å²) >= 11 is 0. The van der Waals surface area contributed by atoms with Crippen molar-refractivity contribution in [3.8, 4) is 16.9 Å². The first kappa shape index (κ1) is 20.0. The number of aliphatic imine (C=N–C) groups is 1. The van der Waals surface area contributed by atoms with Gasteiger partial charge in [-0.1, -0.05) is 13.0 Å². The molecule has 0 saturated heterocycles. The van der Waals surface area contributed by atoms with Crippen LogP contribution in [-0.4, -0.2) is 28.4 Å². The fourth-order valence-electron chi connectivity index (χ4n) is 2.52. The molecule has 3 N–H and O–H groups in total. The number of pyridine rings is 1. The van der Waals surface area contributed by atoms with E-state index < -0.39 is 12.6 Å². The maximum Gasteiger partial charge on any atom is 0.387 e. The predicted molar refractivity (Wildman–Crippen MR) is 98.2 cm³/mol. The fourth-order valence-corrected chi connectivity index (χ4v) is 2.52. The zero-order valence-corrected chi connectivity index (χ0v) is 14.8. The van der Waals surface area contributed by atoms with Crippen molar-refractivity contribution in [2.75, 3.05) is 0 Å². The van der Waals surface area contributed by atoms with Crippen LogP contribution in [0.15, 0.2) is 59.0 Å². The van der Waals surface area contributed by atoms with E-state index in [1.165, 1.54) is 31.3 Å². The van der Waals surface area contributed by atoms with Crippen molar-refractivity contribution in [1.82, 2.24) is 4.98 Å². The third kappa shape index (κ3) is 5.10. The monoisotopic (exact) mass is 375 g/mol. The average Bonchev–Trinajstić information content (AvgIpc) is 2.62. The van der Waals surface area contributed by atoms with Crippen LogP contribution in [-0.2, 0) is 4.79 Å². The SMILES string of the molecule is CCC(=Nc1ccc(OC(F)F)c(-c2cccnc2)c1)C(C(=O)O)=C(C)N. The number of hydrogen-bond acceptors (Lipinski definition) is 5. The Labute approximate surface area is 155 Å². The average molecular weight is 375 g/mol. The number of nitrogens with zero attached hydrogens (tertiary/aromatic N) is 2. The lowest BCUT2D eigenvalue weighted by Gasteiger charge is -2.12. The second kappa shape index (κ2) is 8.88. The van der Waals surface area contributed by atoms with Gasteiger partial charge in [0.1, 0.15) is 5.75 Å². The van der Waals surface area contributed by atoms with Gasteiger partial charge in [-0.25, -0.2) is 4.79 Å². The van der Waals surface area contributed by atoms with Crippen molar-refractivity contribution in [3.63, 3.8) is 0 Å². The molecule has 1 heterocycles. The number of alkyl halides is 2. The maximum atomic E-state index is 12.7. The number of aromatic nitrogens is 1. The maximum absolute atomic E-state index is 12.7. The lowest BCUT2D eigenvalue weighted by molar-refractivity contribution is -0.132. The second-order valence-electron chi connectivity index (χ2n) is 5.58. The Hall–Kier alpha value is -3.29. The Kier molecular flexibility index (Phi) is 6.59. The van der Waals surface area contributed by atoms with Gasteiger partial charge < -0.3 is 15.6 Å². The first-order valence-corrected chi connectivity index (χ1v) is 8.10. The molecule has 1 aromatic carbocycles. The van der Waals surface area contributed by atoms with Gasteiger partial charge in [0, 0.05) is 29.2 Å². The highest BCUT2D eigenvalue weighted by Gasteiger charge is 2.17. The summed E-state index contributed by atoms with van der Waals surface area (Å²) in [6.45, 7) is 0.249. The van der Waals surface area contributed by atoms with Gasteiger partial charge >= 0.3 is 12.6 Å². The smallest absolute Gasteiger partial charge is 0.387 e. The van der Waals surface area contributed by atoms with Crippen LogP contribution in [0.25, 0.3) is 11.1 Å². The number of allylic oxidation sites excluding steroid dienone is 1. The van der Waals surface area contributed by atoms with Crippen LogP contribution in [0.2, 0.25) is 0 Å². The van der Waals surface area contributed by atoms with E-state index in [1.807, 2.05) is 0 Å². The number of hydrogen-bond donors (Lipinski definition) is 2. The molecule has 2 aromatic rings. The summed E-state index contributed by atoms with van der Waals surface area (Å²) in [4.78, 5) is 19.8. The van der Waals surface area contributed by atoms with Crippen LogP contribution >= 0.6 is 0 Å². The van der Waals surface area contributed by atoms with Gasteiger partial charge in [0.05, 0.1) is 17.0 Å². The molecule has 0 saturated carbocycles. The van der Waals surface area contributed by atoms with E-state index in [-0.39, 0.29) is 22.7 Å². The zero-order valence-electron chi connectivity index (χ0n) is 14.8. The minimum absolute atomic E-state index is 0.0287. The van der Waals surface area contributed by atoms with E-state index in [2.05, 4.69) is 14.7 Å². The number of carboxylic acid groups (broad SMARTS) is 1. The minimum atomic E-state index is -2.98. The molecule has 0 aliphatic rings. The van der Waals surface area contributed by atoms with Gasteiger partial charge in [0.25, 0.3) is 0 Å². The normalized spacial score (nSPS) is 12.7. The van der Waals surface area contributed by atoms with E-state index in [1.54, 1.807) is 25.3 Å². The lowest BCUT2D eigenvalue weighted by atomic mass is 10.0. The number of halogens is 2. The molecule has 0 bridgehead atoms. The van der Waals surface area contributed by atoms with Gasteiger partial charge in [-0.2, -0.15) is 8.78 Å². The molecule has 0 aliphatic heterocycles. The van der Waals surface area contributed by atoms with Crippen molar-refractivity contribution in [2.45, 2.75) is 26.9 Å². The van der Waals surface area contributed by atoms with Crippen LogP contribution in [0.4, 0.5) is 14.5 Å². The number of benzene rings is 1. The Morgan fingerprint density at radius 2 is 2.11 bits per heavy atom. The first-order chi connectivity index (χ1) is 12.8. The Morgan fingerprint density at radius 1 is 1.37 bits per heavy atom. The van der Waals surface area contributed by atoms with Crippen LogP contribution in [0.5, 0.6) is 5.75 Å². The molecule has 2 rings (SSSR count). The van der Waals surface area contributed by atoms with Crippen molar-refractivity contribution in [3.05, 3.63) is 54.0 Å². The number of carboxylic acids is 1. The molecule has 8 heteroatoms. The van der Waals surface area contributed by atoms with Crippen molar-refractivity contribution < 1.29 is 23.4 Å². The van der Waals surface area contributed by atoms with Gasteiger partial charge in [0.2, 0.25) is 0 Å². The molecule has 1 aromatic heterocycles. The molecule has 0 amide bonds. The Morgan fingerprint density at radius 3 is 2.63 bits per heavy atom. The molecule has 27 heavy (non-hydrogen) atoms. The highest BCUT2D eigenvalue weighted by molar-refractivity contribution is 6.20. The molecular weight excluding hydrogens is 356 g/mol. The third-order valence-electron chi connectivity index (χ3n) is 3.65. The van der Waals surface area contributed by atoms with E-state index in [4.69, 9.17) is 5.73 Å². The highest BCUT2D eigenvalue weighted by atomic mass is 19.3. The van der Waals surface area contributed by atoms with Crippen molar-refractivity contribution in [1.29, 1.82) is 0 Å². The van der Waals surface area contributed by atoms with Gasteiger partial charge in [-0.3, -0.25) is 9.98 Å². The molecule has 0 atom stereocenters. The number of aliphatic carboxylic acids is 1. The van der Waals surface area contributed by atoms with E-state index in [0.717, 1.165) is 0 Å². The van der Waals surface area contributed by atoms with Crippen molar-refractivity contribution >= 4 is 17.4 Å². The second-order valence-corrected chi connectivity index (χ2v) is 5.58. The largest absolute Gasteiger partial charge is 0.478 e. The van der Waals surface area contributed by atoms with E-state index >= 15 is 0 Å². The first-order valence-electron chi connectivity index (χ1n) is 8.10. The molecular formula is C19H19F2N3O3. The van der Waals surface area contributed by atoms with Gasteiger partial charge in [-0.05, 0) is 37.6 Å². The van der Waals surface area contributed by atoms with Crippen molar-refractivity contribution in [2.24, 2.45) is 10.7 Å². The summed E-state index contributed by atoms with van der Waals surface area (Å²) in [6.07, 6.45) is 3.39. The quantitative estimate of drug-likeness (QED) is 0.560. The molecule has 0 spiro atoms. The summed E-state index contributed by atoms with van der Waals surface area (Å²) in [6, 6.07) is 7.73. The van der Waals surface area contributed by atoms with Crippen LogP contribution in [0.3, 0.4) is 0 Å². The molecule has 142 valence electrons. The molecule has 0 radical (unpaired) electrons. The van der Waals surface area contributed by atoms with Gasteiger partial charge in [-0.15, -0.1) is 0 Å². The predicted octanol–water partition coefficient (Wildman–Crippen LogP) is 4.15. The zero-order chi connectivity index (χ0) is 20.0. The lowest BCUT2D eigenvalue weighted by Crippen LogP contribution is -2.16. The Bertz CT molecular complexity index is 877. The summed E-state index contributed by atoms with van der Waals surface area (Å²) in [5.41, 5.74) is 7.32.